The van der Waals surface area contributed by atoms with Gasteiger partial charge in [0.2, 0.25) is 11.8 Å². The first-order chi connectivity index (χ1) is 10.2. The fraction of sp³-hybridized carbons (Fsp3) is 0.625. The molecule has 0 unspecified atom stereocenters. The summed E-state index contributed by atoms with van der Waals surface area (Å²) in [5.74, 6) is 0.298. The van der Waals surface area contributed by atoms with Crippen LogP contribution in [0, 0.1) is 0 Å². The van der Waals surface area contributed by atoms with Crippen LogP contribution in [0.5, 0.6) is 0 Å². The van der Waals surface area contributed by atoms with Crippen LogP contribution in [0.15, 0.2) is 17.5 Å². The summed E-state index contributed by atoms with van der Waals surface area (Å²) < 4.78 is 0. The lowest BCUT2D eigenvalue weighted by atomic mass is 10.1. The summed E-state index contributed by atoms with van der Waals surface area (Å²) in [6.07, 6.45) is 5.78. The largest absolute Gasteiger partial charge is 0.356 e. The molecular weight excluding hydrogens is 284 g/mol. The highest BCUT2D eigenvalue weighted by atomic mass is 32.1. The molecule has 0 aromatic carbocycles. The Morgan fingerprint density at radius 3 is 2.76 bits per heavy atom. The van der Waals surface area contributed by atoms with Crippen molar-refractivity contribution in [1.29, 1.82) is 0 Å². The number of hydrogen-bond acceptors (Lipinski definition) is 3. The lowest BCUT2D eigenvalue weighted by molar-refractivity contribution is -0.132. The molecule has 0 saturated heterocycles. The molecule has 116 valence electrons. The normalized spacial score (nSPS) is 14.0. The summed E-state index contributed by atoms with van der Waals surface area (Å²) in [6.45, 7) is 3.01. The maximum atomic E-state index is 12.4. The van der Waals surface area contributed by atoms with Gasteiger partial charge in [-0.25, -0.2) is 0 Å². The molecule has 1 aliphatic rings. The lowest BCUT2D eigenvalue weighted by Crippen LogP contribution is -2.32. The van der Waals surface area contributed by atoms with Gasteiger partial charge in [-0.3, -0.25) is 9.59 Å². The van der Waals surface area contributed by atoms with E-state index >= 15 is 0 Å². The molecule has 0 spiro atoms. The number of nitrogens with zero attached hydrogens (tertiary/aromatic N) is 1. The van der Waals surface area contributed by atoms with E-state index in [1.54, 1.807) is 11.3 Å². The minimum absolute atomic E-state index is 0.0157. The van der Waals surface area contributed by atoms with Gasteiger partial charge in [0.15, 0.2) is 0 Å². The van der Waals surface area contributed by atoms with E-state index in [-0.39, 0.29) is 11.8 Å². The molecule has 0 aliphatic heterocycles. The molecule has 5 heteroatoms. The zero-order valence-corrected chi connectivity index (χ0v) is 13.5. The molecule has 0 bridgehead atoms. The van der Waals surface area contributed by atoms with E-state index in [2.05, 4.69) is 21.7 Å². The van der Waals surface area contributed by atoms with Crippen molar-refractivity contribution >= 4 is 23.2 Å². The highest BCUT2D eigenvalue weighted by Crippen LogP contribution is 2.30. The fourth-order valence-electron chi connectivity index (χ4n) is 2.36. The molecule has 1 N–H and O–H groups in total. The molecule has 21 heavy (non-hydrogen) atoms. The third-order valence-corrected chi connectivity index (χ3v) is 4.52. The van der Waals surface area contributed by atoms with E-state index in [0.29, 0.717) is 19.0 Å². The average molecular weight is 308 g/mol. The lowest BCUT2D eigenvalue weighted by Gasteiger charge is -2.21. The fourth-order valence-corrected chi connectivity index (χ4v) is 3.07. The van der Waals surface area contributed by atoms with Gasteiger partial charge in [-0.15, -0.1) is 11.3 Å². The van der Waals surface area contributed by atoms with E-state index in [0.717, 1.165) is 38.6 Å². The molecule has 1 aromatic heterocycles. The highest BCUT2D eigenvalue weighted by Gasteiger charge is 2.32. The summed E-state index contributed by atoms with van der Waals surface area (Å²) in [5, 5.41) is 4.84. The van der Waals surface area contributed by atoms with Crippen molar-refractivity contribution in [2.75, 3.05) is 6.54 Å². The molecule has 1 saturated carbocycles. The smallest absolute Gasteiger partial charge is 0.223 e. The van der Waals surface area contributed by atoms with E-state index in [9.17, 15) is 9.59 Å². The van der Waals surface area contributed by atoms with Gasteiger partial charge in [0.1, 0.15) is 0 Å². The molecular formula is C16H24N2O2S. The van der Waals surface area contributed by atoms with Crippen LogP contribution >= 0.6 is 11.3 Å². The molecule has 1 aromatic rings. The zero-order chi connectivity index (χ0) is 15.1. The number of carbonyl (C=O) groups excluding carboxylic acids is 2. The molecule has 0 radical (unpaired) electrons. The third-order valence-electron chi connectivity index (χ3n) is 3.66. The Labute approximate surface area is 130 Å². The van der Waals surface area contributed by atoms with Gasteiger partial charge >= 0.3 is 0 Å². The number of rotatable bonds is 9. The number of nitrogens with one attached hydrogen (secondary N) is 1. The predicted octanol–water partition coefficient (Wildman–Crippen LogP) is 2.94. The summed E-state index contributed by atoms with van der Waals surface area (Å²) in [4.78, 5) is 26.4. The molecule has 1 heterocycles. The van der Waals surface area contributed by atoms with Crippen molar-refractivity contribution in [2.24, 2.45) is 0 Å². The van der Waals surface area contributed by atoms with Crippen molar-refractivity contribution in [3.63, 3.8) is 0 Å². The van der Waals surface area contributed by atoms with Gasteiger partial charge in [-0.2, -0.15) is 0 Å². The van der Waals surface area contributed by atoms with Crippen LogP contribution in [0.1, 0.15) is 50.3 Å². The van der Waals surface area contributed by atoms with Crippen molar-refractivity contribution in [2.45, 2.75) is 58.0 Å². The van der Waals surface area contributed by atoms with Crippen molar-refractivity contribution in [3.8, 4) is 0 Å². The standard InChI is InChI=1S/C16H24N2O2S/c1-13(19)17-10-4-2-3-7-16(20)18(14-8-9-14)12-15-6-5-11-21-15/h5-6,11,14H,2-4,7-10,12H2,1H3,(H,17,19). The van der Waals surface area contributed by atoms with Crippen LogP contribution in [0.25, 0.3) is 0 Å². The number of unbranched alkanes of at least 4 members (excludes halogenated alkanes) is 2. The summed E-state index contributed by atoms with van der Waals surface area (Å²) in [5.41, 5.74) is 0. The minimum atomic E-state index is 0.0157. The summed E-state index contributed by atoms with van der Waals surface area (Å²) >= 11 is 1.72. The molecule has 2 rings (SSSR count). The topological polar surface area (TPSA) is 49.4 Å². The monoisotopic (exact) mass is 308 g/mol. The van der Waals surface area contributed by atoms with Crippen molar-refractivity contribution in [1.82, 2.24) is 10.2 Å². The van der Waals surface area contributed by atoms with Crippen LogP contribution < -0.4 is 5.32 Å². The van der Waals surface area contributed by atoms with Crippen LogP contribution in [-0.4, -0.2) is 29.3 Å². The zero-order valence-electron chi connectivity index (χ0n) is 12.6. The first-order valence-corrected chi connectivity index (χ1v) is 8.61. The van der Waals surface area contributed by atoms with Gasteiger partial charge in [-0.05, 0) is 37.1 Å². The highest BCUT2D eigenvalue weighted by molar-refractivity contribution is 7.09. The van der Waals surface area contributed by atoms with Gasteiger partial charge in [0.05, 0.1) is 6.54 Å². The van der Waals surface area contributed by atoms with Crippen molar-refractivity contribution < 1.29 is 9.59 Å². The van der Waals surface area contributed by atoms with Crippen LogP contribution in [-0.2, 0) is 16.1 Å². The number of hydrogen-bond donors (Lipinski definition) is 1. The second-order valence-corrected chi connectivity index (χ2v) is 6.66. The second kappa shape index (κ2) is 8.17. The molecule has 2 amide bonds. The first-order valence-electron chi connectivity index (χ1n) is 7.73. The Bertz CT molecular complexity index is 455. The third kappa shape index (κ3) is 5.87. The second-order valence-electron chi connectivity index (χ2n) is 5.63. The van der Waals surface area contributed by atoms with Gasteiger partial charge in [-0.1, -0.05) is 12.5 Å². The Hall–Kier alpha value is -1.36. The number of carbonyl (C=O) groups is 2. The summed E-state index contributed by atoms with van der Waals surface area (Å²) in [6, 6.07) is 4.61. The van der Waals surface area contributed by atoms with Crippen LogP contribution in [0.4, 0.5) is 0 Å². The average Bonchev–Trinajstić information content (AvgIpc) is 3.16. The summed E-state index contributed by atoms with van der Waals surface area (Å²) in [7, 11) is 0. The molecule has 4 nitrogen and oxygen atoms in total. The Morgan fingerprint density at radius 1 is 1.33 bits per heavy atom. The first kappa shape index (κ1) is 16.0. The van der Waals surface area contributed by atoms with Crippen LogP contribution in [0.2, 0.25) is 0 Å². The predicted molar refractivity (Wildman–Crippen MR) is 85.0 cm³/mol. The number of thiophene rings is 1. The maximum absolute atomic E-state index is 12.4. The number of amides is 2. The quantitative estimate of drug-likeness (QED) is 0.713. The van der Waals surface area contributed by atoms with E-state index < -0.39 is 0 Å². The molecule has 0 atom stereocenters. The van der Waals surface area contributed by atoms with Gasteiger partial charge in [0, 0.05) is 30.8 Å². The molecule has 1 fully saturated rings. The van der Waals surface area contributed by atoms with Gasteiger partial charge < -0.3 is 10.2 Å². The van der Waals surface area contributed by atoms with Crippen molar-refractivity contribution in [3.05, 3.63) is 22.4 Å². The van der Waals surface area contributed by atoms with Gasteiger partial charge in [0.25, 0.3) is 0 Å². The maximum Gasteiger partial charge on any atom is 0.223 e. The Balaban J connectivity index is 1.66. The van der Waals surface area contributed by atoms with E-state index in [1.807, 2.05) is 6.07 Å². The Kier molecular flexibility index (Phi) is 6.23. The van der Waals surface area contributed by atoms with E-state index in [4.69, 9.17) is 0 Å². The SMILES string of the molecule is CC(=O)NCCCCCC(=O)N(Cc1cccs1)C1CC1. The minimum Gasteiger partial charge on any atom is -0.356 e. The van der Waals surface area contributed by atoms with Crippen LogP contribution in [0.3, 0.4) is 0 Å². The molecule has 1 aliphatic carbocycles. The Morgan fingerprint density at radius 2 is 2.14 bits per heavy atom. The van der Waals surface area contributed by atoms with E-state index in [1.165, 1.54) is 11.8 Å².